The molecule has 3 aromatic heterocycles. The number of hydrogen-bond acceptors (Lipinski definition) is 7. The van der Waals surface area contributed by atoms with Crippen LogP contribution in [0.1, 0.15) is 18.7 Å². The Hall–Kier alpha value is -3.75. The van der Waals surface area contributed by atoms with Gasteiger partial charge >= 0.3 is 0 Å². The van der Waals surface area contributed by atoms with Gasteiger partial charge in [0, 0.05) is 29.2 Å². The molecule has 2 aromatic carbocycles. The van der Waals surface area contributed by atoms with E-state index in [9.17, 15) is 4.79 Å². The normalized spacial score (nSPS) is 12.1. The summed E-state index contributed by atoms with van der Waals surface area (Å²) in [6, 6.07) is 16.6. The minimum Gasteiger partial charge on any atom is -0.368 e. The Labute approximate surface area is 198 Å². The van der Waals surface area contributed by atoms with Gasteiger partial charge in [0.2, 0.25) is 5.95 Å². The zero-order chi connectivity index (χ0) is 22.9. The maximum absolute atomic E-state index is 13.6. The minimum absolute atomic E-state index is 0.149. The van der Waals surface area contributed by atoms with Crippen LogP contribution in [0.15, 0.2) is 77.2 Å². The molecule has 0 aliphatic heterocycles. The fourth-order valence-electron chi connectivity index (χ4n) is 3.80. The molecule has 0 amide bonds. The summed E-state index contributed by atoms with van der Waals surface area (Å²) < 4.78 is 1.68. The zero-order valence-electron chi connectivity index (χ0n) is 17.6. The largest absolute Gasteiger partial charge is 0.368 e. The number of nitrogens with zero attached hydrogens (tertiary/aromatic N) is 4. The molecule has 0 saturated carbocycles. The first-order chi connectivity index (χ1) is 16.0. The molecule has 0 aliphatic carbocycles. The van der Waals surface area contributed by atoms with Crippen molar-refractivity contribution in [1.29, 1.82) is 0 Å². The summed E-state index contributed by atoms with van der Waals surface area (Å²) in [6.45, 7) is 1.97. The molecule has 5 rings (SSSR count). The molecule has 0 spiro atoms. The second-order valence-corrected chi connectivity index (χ2v) is 8.74. The highest BCUT2D eigenvalue weighted by Gasteiger charge is 2.20. The van der Waals surface area contributed by atoms with Crippen LogP contribution in [-0.4, -0.2) is 19.5 Å². The van der Waals surface area contributed by atoms with Crippen LogP contribution < -0.4 is 16.6 Å². The first-order valence-corrected chi connectivity index (χ1v) is 11.5. The topological polar surface area (TPSA) is 98.7 Å². The maximum atomic E-state index is 13.6. The number of halogens is 1. The minimum atomic E-state index is -0.311. The highest BCUT2D eigenvalue weighted by molar-refractivity contribution is 7.13. The molecule has 0 radical (unpaired) electrons. The van der Waals surface area contributed by atoms with Gasteiger partial charge in [-0.1, -0.05) is 41.9 Å². The quantitative estimate of drug-likeness (QED) is 0.358. The highest BCUT2D eigenvalue weighted by atomic mass is 35.5. The summed E-state index contributed by atoms with van der Waals surface area (Å²) in [5.41, 5.74) is 7.94. The third kappa shape index (κ3) is 3.94. The van der Waals surface area contributed by atoms with E-state index in [1.807, 2.05) is 60.8 Å². The Kier molecular flexibility index (Phi) is 5.53. The van der Waals surface area contributed by atoms with Gasteiger partial charge in [0.15, 0.2) is 0 Å². The zero-order valence-corrected chi connectivity index (χ0v) is 19.1. The Bertz CT molecular complexity index is 1500. The van der Waals surface area contributed by atoms with Crippen LogP contribution in [0.25, 0.3) is 27.0 Å². The van der Waals surface area contributed by atoms with Crippen molar-refractivity contribution in [1.82, 2.24) is 19.5 Å². The van der Waals surface area contributed by atoms with E-state index in [0.29, 0.717) is 16.2 Å². The van der Waals surface area contributed by atoms with Gasteiger partial charge in [-0.2, -0.15) is 4.98 Å². The molecule has 1 atom stereocenters. The van der Waals surface area contributed by atoms with Crippen molar-refractivity contribution in [3.63, 3.8) is 0 Å². The Morgan fingerprint density at radius 1 is 1.12 bits per heavy atom. The first-order valence-electron chi connectivity index (χ1n) is 10.2. The van der Waals surface area contributed by atoms with E-state index < -0.39 is 0 Å². The number of para-hydroxylation sites is 1. The van der Waals surface area contributed by atoms with Gasteiger partial charge in [-0.25, -0.2) is 9.97 Å². The van der Waals surface area contributed by atoms with Crippen LogP contribution in [0.5, 0.6) is 0 Å². The van der Waals surface area contributed by atoms with E-state index in [4.69, 9.17) is 17.3 Å². The van der Waals surface area contributed by atoms with Gasteiger partial charge in [-0.05, 0) is 36.6 Å². The fraction of sp³-hybridized carbons (Fsp3) is 0.0833. The predicted molar refractivity (Wildman–Crippen MR) is 134 cm³/mol. The lowest BCUT2D eigenvalue weighted by molar-refractivity contribution is 0.773. The lowest BCUT2D eigenvalue weighted by Crippen LogP contribution is -2.26. The molecule has 33 heavy (non-hydrogen) atoms. The van der Waals surface area contributed by atoms with Crippen molar-refractivity contribution >= 4 is 45.5 Å². The van der Waals surface area contributed by atoms with Crippen LogP contribution in [0.3, 0.4) is 0 Å². The number of nitrogen functional groups attached to an aromatic ring is 1. The average molecular weight is 475 g/mol. The Morgan fingerprint density at radius 3 is 2.70 bits per heavy atom. The molecule has 0 aliphatic rings. The average Bonchev–Trinajstić information content (AvgIpc) is 3.34. The molecule has 7 nitrogen and oxygen atoms in total. The van der Waals surface area contributed by atoms with E-state index in [1.54, 1.807) is 23.0 Å². The summed E-state index contributed by atoms with van der Waals surface area (Å²) in [7, 11) is 0. The number of benzene rings is 2. The number of nitrogens with two attached hydrogens (primary N) is 1. The number of rotatable bonds is 5. The predicted octanol–water partition coefficient (Wildman–Crippen LogP) is 5.31. The third-order valence-corrected chi connectivity index (χ3v) is 6.43. The number of hydrogen-bond donors (Lipinski definition) is 2. The molecule has 0 bridgehead atoms. The van der Waals surface area contributed by atoms with E-state index in [1.165, 1.54) is 11.3 Å². The van der Waals surface area contributed by atoms with Crippen LogP contribution in [0.4, 0.5) is 11.8 Å². The van der Waals surface area contributed by atoms with Gasteiger partial charge in [0.1, 0.15) is 10.8 Å². The molecule has 3 N–H and O–H groups in total. The molecular weight excluding hydrogens is 456 g/mol. The smallest absolute Gasteiger partial charge is 0.264 e. The number of anilines is 2. The third-order valence-electron chi connectivity index (χ3n) is 5.31. The number of fused-ring (bicyclic) bond motifs is 1. The summed E-state index contributed by atoms with van der Waals surface area (Å²) in [5, 5.41) is 7.75. The van der Waals surface area contributed by atoms with Gasteiger partial charge in [0.05, 0.1) is 22.0 Å². The summed E-state index contributed by atoms with van der Waals surface area (Å²) in [4.78, 5) is 26.5. The first kappa shape index (κ1) is 21.1. The maximum Gasteiger partial charge on any atom is 0.264 e. The van der Waals surface area contributed by atoms with E-state index in [0.717, 1.165) is 27.3 Å². The summed E-state index contributed by atoms with van der Waals surface area (Å²) in [6.07, 6.45) is 3.38. The second kappa shape index (κ2) is 8.65. The van der Waals surface area contributed by atoms with Crippen molar-refractivity contribution in [2.45, 2.75) is 13.0 Å². The number of thiazole rings is 1. The molecule has 9 heteroatoms. The van der Waals surface area contributed by atoms with Gasteiger partial charge in [-0.15, -0.1) is 11.3 Å². The molecule has 164 valence electrons. The standard InChI is InChI=1S/C24H19ClN6OS/c1-14(29-21-17(13-28-24(26)30-21)22-27-10-11-33-22)19-12-15-6-5-9-18(25)20(15)23(32)31(19)16-7-3-2-4-8-16/h2-14H,1H3,(H3,26,28,29,30). The van der Waals surface area contributed by atoms with E-state index >= 15 is 0 Å². The SMILES string of the molecule is CC(Nc1nc(N)ncc1-c1nccs1)c1cc2cccc(Cl)c2c(=O)n1-c1ccccc1. The molecule has 5 aromatic rings. The molecule has 1 unspecified atom stereocenters. The number of pyridine rings is 1. The van der Waals surface area contributed by atoms with Crippen molar-refractivity contribution in [3.05, 3.63) is 93.4 Å². The van der Waals surface area contributed by atoms with Crippen LogP contribution >= 0.6 is 22.9 Å². The Balaban J connectivity index is 1.68. The van der Waals surface area contributed by atoms with E-state index in [-0.39, 0.29) is 17.5 Å². The highest BCUT2D eigenvalue weighted by Crippen LogP contribution is 2.32. The monoisotopic (exact) mass is 474 g/mol. The van der Waals surface area contributed by atoms with Gasteiger partial charge < -0.3 is 11.1 Å². The van der Waals surface area contributed by atoms with Gasteiger partial charge in [-0.3, -0.25) is 9.36 Å². The molecule has 0 fully saturated rings. The van der Waals surface area contributed by atoms with Crippen molar-refractivity contribution < 1.29 is 0 Å². The van der Waals surface area contributed by atoms with Crippen molar-refractivity contribution in [3.8, 4) is 16.3 Å². The van der Waals surface area contributed by atoms with Crippen LogP contribution in [0.2, 0.25) is 5.02 Å². The van der Waals surface area contributed by atoms with Crippen molar-refractivity contribution in [2.24, 2.45) is 0 Å². The second-order valence-electron chi connectivity index (χ2n) is 7.44. The summed E-state index contributed by atoms with van der Waals surface area (Å²) >= 11 is 7.90. The lowest BCUT2D eigenvalue weighted by atomic mass is 10.1. The molecular formula is C24H19ClN6OS. The van der Waals surface area contributed by atoms with Crippen LogP contribution in [0, 0.1) is 0 Å². The summed E-state index contributed by atoms with van der Waals surface area (Å²) in [5.74, 6) is 0.693. The van der Waals surface area contributed by atoms with Gasteiger partial charge in [0.25, 0.3) is 5.56 Å². The van der Waals surface area contributed by atoms with Crippen LogP contribution in [-0.2, 0) is 0 Å². The number of nitrogens with one attached hydrogen (secondary N) is 1. The Morgan fingerprint density at radius 2 is 1.94 bits per heavy atom. The lowest BCUT2D eigenvalue weighted by Gasteiger charge is -2.22. The molecule has 0 saturated heterocycles. The van der Waals surface area contributed by atoms with E-state index in [2.05, 4.69) is 20.3 Å². The fourth-order valence-corrected chi connectivity index (χ4v) is 4.71. The number of aromatic nitrogens is 4. The van der Waals surface area contributed by atoms with Crippen molar-refractivity contribution in [2.75, 3.05) is 11.1 Å². The molecule has 3 heterocycles.